The third kappa shape index (κ3) is 3.29. The molecule has 0 atom stereocenters. The third-order valence-corrected chi connectivity index (χ3v) is 4.96. The van der Waals surface area contributed by atoms with Gasteiger partial charge in [-0.15, -0.1) is 0 Å². The van der Waals surface area contributed by atoms with Crippen molar-refractivity contribution in [3.8, 4) is 5.69 Å². The standard InChI is InChI=1S/C22H22N4O2/c1-13-8-9-16(22(28)25-17-10-11-17)12-18(13)26-14(2)24-19(21(26)23)20(27)15-6-4-3-5-7-15/h3-9,12,17H,10-11,23H2,1-2H3,(H,25,28). The van der Waals surface area contributed by atoms with Crippen molar-refractivity contribution in [1.29, 1.82) is 0 Å². The van der Waals surface area contributed by atoms with E-state index in [1.807, 2.05) is 19.1 Å². The summed E-state index contributed by atoms with van der Waals surface area (Å²) in [5.74, 6) is 0.551. The lowest BCUT2D eigenvalue weighted by Gasteiger charge is -2.13. The smallest absolute Gasteiger partial charge is 0.251 e. The van der Waals surface area contributed by atoms with E-state index < -0.39 is 0 Å². The summed E-state index contributed by atoms with van der Waals surface area (Å²) in [5, 5.41) is 2.99. The van der Waals surface area contributed by atoms with Crippen LogP contribution in [0.15, 0.2) is 48.5 Å². The van der Waals surface area contributed by atoms with Crippen LogP contribution in [-0.4, -0.2) is 27.3 Å². The highest BCUT2D eigenvalue weighted by molar-refractivity contribution is 6.10. The van der Waals surface area contributed by atoms with Crippen molar-refractivity contribution in [1.82, 2.24) is 14.9 Å². The summed E-state index contributed by atoms with van der Waals surface area (Å²) in [4.78, 5) is 29.7. The van der Waals surface area contributed by atoms with E-state index in [0.717, 1.165) is 24.1 Å². The molecule has 0 unspecified atom stereocenters. The minimum Gasteiger partial charge on any atom is -0.383 e. The Hall–Kier alpha value is -3.41. The summed E-state index contributed by atoms with van der Waals surface area (Å²) in [7, 11) is 0. The zero-order chi connectivity index (χ0) is 19.8. The average molecular weight is 374 g/mol. The average Bonchev–Trinajstić information content (AvgIpc) is 3.46. The van der Waals surface area contributed by atoms with Gasteiger partial charge in [0.1, 0.15) is 11.6 Å². The largest absolute Gasteiger partial charge is 0.383 e. The van der Waals surface area contributed by atoms with Gasteiger partial charge < -0.3 is 11.1 Å². The topological polar surface area (TPSA) is 90.0 Å². The number of nitrogens with zero attached hydrogens (tertiary/aromatic N) is 2. The minimum absolute atomic E-state index is 0.0966. The molecule has 2 aromatic carbocycles. The monoisotopic (exact) mass is 374 g/mol. The van der Waals surface area contributed by atoms with Gasteiger partial charge in [0.2, 0.25) is 5.78 Å². The van der Waals surface area contributed by atoms with Crippen molar-refractivity contribution in [3.63, 3.8) is 0 Å². The SMILES string of the molecule is Cc1ccc(C(=O)NC2CC2)cc1-n1c(C)nc(C(=O)c2ccccc2)c1N. The summed E-state index contributed by atoms with van der Waals surface area (Å²) in [6, 6.07) is 14.7. The zero-order valence-corrected chi connectivity index (χ0v) is 15.9. The van der Waals surface area contributed by atoms with E-state index >= 15 is 0 Å². The van der Waals surface area contributed by atoms with Crippen LogP contribution < -0.4 is 11.1 Å². The Morgan fingerprint density at radius 2 is 1.79 bits per heavy atom. The molecule has 0 spiro atoms. The van der Waals surface area contributed by atoms with Gasteiger partial charge >= 0.3 is 0 Å². The Morgan fingerprint density at radius 3 is 2.46 bits per heavy atom. The summed E-state index contributed by atoms with van der Waals surface area (Å²) in [6.45, 7) is 3.74. The van der Waals surface area contributed by atoms with Crippen LogP contribution in [0.3, 0.4) is 0 Å². The van der Waals surface area contributed by atoms with Crippen LogP contribution >= 0.6 is 0 Å². The number of hydrogen-bond donors (Lipinski definition) is 2. The Balaban J connectivity index is 1.74. The molecule has 1 amide bonds. The van der Waals surface area contributed by atoms with Crippen LogP contribution in [0.2, 0.25) is 0 Å². The first-order valence-corrected chi connectivity index (χ1v) is 9.32. The fraction of sp³-hybridized carbons (Fsp3) is 0.227. The highest BCUT2D eigenvalue weighted by Gasteiger charge is 2.25. The van der Waals surface area contributed by atoms with E-state index in [-0.39, 0.29) is 29.2 Å². The molecule has 0 aliphatic heterocycles. The van der Waals surface area contributed by atoms with Gasteiger partial charge in [-0.05, 0) is 44.4 Å². The number of ketones is 1. The molecule has 0 saturated heterocycles. The van der Waals surface area contributed by atoms with Crippen molar-refractivity contribution in [2.45, 2.75) is 32.7 Å². The molecule has 1 heterocycles. The first-order valence-electron chi connectivity index (χ1n) is 9.32. The summed E-state index contributed by atoms with van der Waals surface area (Å²) in [5.41, 5.74) is 9.35. The number of nitrogens with one attached hydrogen (secondary N) is 1. The van der Waals surface area contributed by atoms with Crippen molar-refractivity contribution in [2.24, 2.45) is 0 Å². The maximum atomic E-state index is 12.8. The molecular formula is C22H22N4O2. The molecule has 1 saturated carbocycles. The van der Waals surface area contributed by atoms with Crippen LogP contribution in [0.25, 0.3) is 5.69 Å². The molecule has 1 aromatic heterocycles. The summed E-state index contributed by atoms with van der Waals surface area (Å²) < 4.78 is 1.74. The Kier molecular flexibility index (Phi) is 4.47. The molecule has 4 rings (SSSR count). The zero-order valence-electron chi connectivity index (χ0n) is 15.9. The lowest BCUT2D eigenvalue weighted by Crippen LogP contribution is -2.25. The van der Waals surface area contributed by atoms with E-state index in [4.69, 9.17) is 5.73 Å². The molecule has 3 N–H and O–H groups in total. The number of aryl methyl sites for hydroxylation is 2. The molecule has 1 aliphatic rings. The number of anilines is 1. The van der Waals surface area contributed by atoms with Gasteiger partial charge in [-0.2, -0.15) is 0 Å². The fourth-order valence-corrected chi connectivity index (χ4v) is 3.23. The number of aromatic nitrogens is 2. The molecule has 0 radical (unpaired) electrons. The van der Waals surface area contributed by atoms with Gasteiger partial charge in [-0.3, -0.25) is 14.2 Å². The number of imidazole rings is 1. The first-order chi connectivity index (χ1) is 13.5. The van der Waals surface area contributed by atoms with Gasteiger partial charge in [-0.25, -0.2) is 4.98 Å². The van der Waals surface area contributed by atoms with Crippen molar-refractivity contribution >= 4 is 17.5 Å². The molecule has 1 aliphatic carbocycles. The minimum atomic E-state index is -0.222. The Labute approximate surface area is 163 Å². The van der Waals surface area contributed by atoms with Crippen LogP contribution in [0.5, 0.6) is 0 Å². The molecule has 1 fully saturated rings. The number of carbonyl (C=O) groups is 2. The van der Waals surface area contributed by atoms with Crippen LogP contribution in [0.4, 0.5) is 5.82 Å². The van der Waals surface area contributed by atoms with Crippen LogP contribution in [0, 0.1) is 13.8 Å². The number of nitrogen functional groups attached to an aromatic ring is 1. The van der Waals surface area contributed by atoms with Crippen molar-refractivity contribution in [3.05, 3.63) is 76.7 Å². The van der Waals surface area contributed by atoms with Gasteiger partial charge in [-0.1, -0.05) is 36.4 Å². The fourth-order valence-electron chi connectivity index (χ4n) is 3.23. The Bertz CT molecular complexity index is 1070. The number of hydrogen-bond acceptors (Lipinski definition) is 4. The van der Waals surface area contributed by atoms with Gasteiger partial charge in [0, 0.05) is 17.2 Å². The van der Waals surface area contributed by atoms with Crippen molar-refractivity contribution < 1.29 is 9.59 Å². The predicted molar refractivity (Wildman–Crippen MR) is 108 cm³/mol. The van der Waals surface area contributed by atoms with E-state index in [0.29, 0.717) is 17.0 Å². The van der Waals surface area contributed by atoms with E-state index in [2.05, 4.69) is 10.3 Å². The molecule has 28 heavy (non-hydrogen) atoms. The van der Waals surface area contributed by atoms with E-state index in [1.54, 1.807) is 47.9 Å². The number of amides is 1. The predicted octanol–water partition coefficient (Wildman–Crippen LogP) is 3.19. The maximum Gasteiger partial charge on any atom is 0.251 e. The number of benzene rings is 2. The summed E-state index contributed by atoms with van der Waals surface area (Å²) in [6.07, 6.45) is 2.06. The molecular weight excluding hydrogens is 352 g/mol. The van der Waals surface area contributed by atoms with Gasteiger partial charge in [0.05, 0.1) is 5.69 Å². The molecule has 6 nitrogen and oxygen atoms in total. The molecule has 6 heteroatoms. The van der Waals surface area contributed by atoms with Crippen LogP contribution in [0.1, 0.15) is 50.6 Å². The van der Waals surface area contributed by atoms with Crippen molar-refractivity contribution in [2.75, 3.05) is 5.73 Å². The number of nitrogens with two attached hydrogens (primary N) is 1. The third-order valence-electron chi connectivity index (χ3n) is 4.96. The molecule has 142 valence electrons. The molecule has 0 bridgehead atoms. The highest BCUT2D eigenvalue weighted by atomic mass is 16.1. The second-order valence-corrected chi connectivity index (χ2v) is 7.17. The quantitative estimate of drug-likeness (QED) is 0.671. The second-order valence-electron chi connectivity index (χ2n) is 7.17. The van der Waals surface area contributed by atoms with Gasteiger partial charge in [0.25, 0.3) is 5.91 Å². The normalized spacial score (nSPS) is 13.4. The second kappa shape index (κ2) is 6.96. The van der Waals surface area contributed by atoms with E-state index in [1.165, 1.54) is 0 Å². The van der Waals surface area contributed by atoms with Gasteiger partial charge in [0.15, 0.2) is 5.69 Å². The number of carbonyl (C=O) groups excluding carboxylic acids is 2. The molecule has 3 aromatic rings. The van der Waals surface area contributed by atoms with E-state index in [9.17, 15) is 9.59 Å². The summed E-state index contributed by atoms with van der Waals surface area (Å²) >= 11 is 0. The maximum absolute atomic E-state index is 12.8. The van der Waals surface area contributed by atoms with Crippen LogP contribution in [-0.2, 0) is 0 Å². The first kappa shape index (κ1) is 18.0. The number of rotatable bonds is 5. The lowest BCUT2D eigenvalue weighted by molar-refractivity contribution is 0.0950. The Morgan fingerprint density at radius 1 is 1.07 bits per heavy atom. The highest BCUT2D eigenvalue weighted by Crippen LogP contribution is 2.26. The lowest BCUT2D eigenvalue weighted by atomic mass is 10.1.